The first-order valence-electron chi connectivity index (χ1n) is 13.7. The number of nitrogens with zero attached hydrogens (tertiary/aromatic N) is 4. The Kier molecular flexibility index (Phi) is 9.12. The van der Waals surface area contributed by atoms with Crippen LogP contribution in [0.25, 0.3) is 11.3 Å². The summed E-state index contributed by atoms with van der Waals surface area (Å²) in [5, 5.41) is 13.2. The van der Waals surface area contributed by atoms with E-state index in [0.717, 1.165) is 36.9 Å². The molecule has 2 aliphatic rings. The van der Waals surface area contributed by atoms with Gasteiger partial charge in [-0.1, -0.05) is 42.6 Å². The maximum absolute atomic E-state index is 14.0. The molecule has 1 atom stereocenters. The van der Waals surface area contributed by atoms with Gasteiger partial charge in [-0.25, -0.2) is 13.8 Å². The second-order valence-electron chi connectivity index (χ2n) is 10.6. The number of benzene rings is 1. The van der Waals surface area contributed by atoms with Crippen molar-refractivity contribution in [1.29, 1.82) is 0 Å². The number of anilines is 1. The van der Waals surface area contributed by atoms with Crippen LogP contribution in [0.15, 0.2) is 41.9 Å². The largest absolute Gasteiger partial charge is 0.347 e. The lowest BCUT2D eigenvalue weighted by molar-refractivity contribution is -0.116. The fraction of sp³-hybridized carbons (Fsp3) is 0.500. The van der Waals surface area contributed by atoms with Crippen molar-refractivity contribution in [3.63, 3.8) is 0 Å². The summed E-state index contributed by atoms with van der Waals surface area (Å²) in [4.78, 5) is 32.1. The Morgan fingerprint density at radius 3 is 2.73 bits per heavy atom. The van der Waals surface area contributed by atoms with E-state index in [-0.39, 0.29) is 37.0 Å². The number of nitrogens with one attached hydrogen (secondary N) is 2. The zero-order valence-corrected chi connectivity index (χ0v) is 23.7. The maximum Gasteiger partial charge on any atom is 0.272 e. The topological polar surface area (TPSA) is 92.2 Å². The van der Waals surface area contributed by atoms with Crippen LogP contribution in [0, 0.1) is 0 Å². The van der Waals surface area contributed by atoms with Gasteiger partial charge in [0.15, 0.2) is 10.8 Å². The molecule has 1 aliphatic heterocycles. The molecular formula is C28H33ClF2N6O2S. The number of likely N-dealkylation sites (tertiary alicyclic amines) is 1. The molecule has 3 aromatic rings. The Morgan fingerprint density at radius 2 is 2.00 bits per heavy atom. The first-order valence-corrected chi connectivity index (χ1v) is 15.0. The van der Waals surface area contributed by atoms with Crippen molar-refractivity contribution in [2.75, 3.05) is 25.0 Å². The molecule has 2 N–H and O–H groups in total. The minimum atomic E-state index is -2.72. The van der Waals surface area contributed by atoms with Crippen LogP contribution in [-0.2, 0) is 4.79 Å². The van der Waals surface area contributed by atoms with E-state index in [4.69, 9.17) is 16.7 Å². The summed E-state index contributed by atoms with van der Waals surface area (Å²) in [7, 11) is 0. The maximum atomic E-state index is 14.0. The van der Waals surface area contributed by atoms with E-state index < -0.39 is 17.9 Å². The molecule has 0 bridgehead atoms. The van der Waals surface area contributed by atoms with Gasteiger partial charge < -0.3 is 10.6 Å². The molecule has 2 aromatic heterocycles. The van der Waals surface area contributed by atoms with Crippen LogP contribution < -0.4 is 10.6 Å². The van der Waals surface area contributed by atoms with Crippen LogP contribution in [0.3, 0.4) is 0 Å². The lowest BCUT2D eigenvalue weighted by Gasteiger charge is -2.33. The van der Waals surface area contributed by atoms with Crippen LogP contribution in [-0.4, -0.2) is 63.1 Å². The van der Waals surface area contributed by atoms with Gasteiger partial charge >= 0.3 is 0 Å². The van der Waals surface area contributed by atoms with Gasteiger partial charge in [0.1, 0.15) is 0 Å². The molecule has 0 unspecified atom stereocenters. The van der Waals surface area contributed by atoms with E-state index in [2.05, 4.69) is 15.6 Å². The van der Waals surface area contributed by atoms with Gasteiger partial charge in [0.05, 0.1) is 18.3 Å². The van der Waals surface area contributed by atoms with Crippen LogP contribution in [0.5, 0.6) is 0 Å². The Balaban J connectivity index is 1.34. The molecule has 2 amide bonds. The summed E-state index contributed by atoms with van der Waals surface area (Å²) >= 11 is 7.81. The number of aromatic nitrogens is 3. The molecule has 5 rings (SSSR count). The van der Waals surface area contributed by atoms with E-state index >= 15 is 0 Å². The van der Waals surface area contributed by atoms with Crippen LogP contribution in [0.1, 0.15) is 67.9 Å². The van der Waals surface area contributed by atoms with E-state index in [1.54, 1.807) is 22.5 Å². The second-order valence-corrected chi connectivity index (χ2v) is 11.9. The third-order valence-electron chi connectivity index (χ3n) is 7.50. The van der Waals surface area contributed by atoms with Gasteiger partial charge in [-0.05, 0) is 44.4 Å². The van der Waals surface area contributed by atoms with Gasteiger partial charge in [0.2, 0.25) is 5.91 Å². The van der Waals surface area contributed by atoms with Crippen molar-refractivity contribution in [3.05, 3.63) is 52.6 Å². The predicted molar refractivity (Wildman–Crippen MR) is 152 cm³/mol. The van der Waals surface area contributed by atoms with E-state index in [0.29, 0.717) is 36.1 Å². The highest BCUT2D eigenvalue weighted by Gasteiger charge is 2.35. The quantitative estimate of drug-likeness (QED) is 0.301. The van der Waals surface area contributed by atoms with E-state index in [9.17, 15) is 18.4 Å². The van der Waals surface area contributed by atoms with Crippen molar-refractivity contribution in [1.82, 2.24) is 25.0 Å². The van der Waals surface area contributed by atoms with Gasteiger partial charge in [0.25, 0.3) is 11.8 Å². The first-order chi connectivity index (χ1) is 19.3. The molecule has 40 heavy (non-hydrogen) atoms. The molecule has 0 spiro atoms. The average molecular weight is 591 g/mol. The molecule has 214 valence electrons. The Bertz CT molecular complexity index is 1310. The number of carbonyl (C=O) groups excluding carboxylic acids is 2. The van der Waals surface area contributed by atoms with Gasteiger partial charge in [0, 0.05) is 47.6 Å². The van der Waals surface area contributed by atoms with E-state index in [1.807, 2.05) is 28.9 Å². The minimum absolute atomic E-state index is 0.0176. The summed E-state index contributed by atoms with van der Waals surface area (Å²) in [6, 6.07) is 8.81. The first kappa shape index (κ1) is 28.6. The zero-order valence-electron chi connectivity index (χ0n) is 22.1. The SMILES string of the molecule is O=C(C[C@H](CCN1CCCC(F)(F)C1)NC(=O)c1cc(-c2ccccc2Cl)n(C2CCCC2)n1)Nc1nccs1. The monoisotopic (exact) mass is 590 g/mol. The fourth-order valence-electron chi connectivity index (χ4n) is 5.54. The summed E-state index contributed by atoms with van der Waals surface area (Å²) in [6.45, 7) is 0.590. The summed E-state index contributed by atoms with van der Waals surface area (Å²) in [5.74, 6) is -3.44. The van der Waals surface area contributed by atoms with Gasteiger partial charge in [-0.15, -0.1) is 11.3 Å². The molecule has 8 nitrogen and oxygen atoms in total. The van der Waals surface area contributed by atoms with Crippen molar-refractivity contribution >= 4 is 39.9 Å². The molecule has 1 saturated heterocycles. The van der Waals surface area contributed by atoms with Crippen molar-refractivity contribution < 1.29 is 18.4 Å². The zero-order chi connectivity index (χ0) is 28.1. The molecule has 2 fully saturated rings. The second kappa shape index (κ2) is 12.7. The third kappa shape index (κ3) is 7.24. The van der Waals surface area contributed by atoms with Crippen LogP contribution in [0.2, 0.25) is 5.02 Å². The highest BCUT2D eigenvalue weighted by molar-refractivity contribution is 7.13. The van der Waals surface area contributed by atoms with Gasteiger partial charge in [-0.3, -0.25) is 19.2 Å². The Labute approximate surface area is 241 Å². The molecule has 3 heterocycles. The molecule has 1 aliphatic carbocycles. The Hall–Kier alpha value is -2.89. The number of alkyl halides is 2. The molecule has 0 radical (unpaired) electrons. The highest BCUT2D eigenvalue weighted by Crippen LogP contribution is 2.36. The van der Waals surface area contributed by atoms with Crippen molar-refractivity contribution in [3.8, 4) is 11.3 Å². The third-order valence-corrected chi connectivity index (χ3v) is 8.52. The number of hydrogen-bond donors (Lipinski definition) is 2. The lowest BCUT2D eigenvalue weighted by Crippen LogP contribution is -2.45. The lowest BCUT2D eigenvalue weighted by atomic mass is 10.0. The number of halogens is 3. The normalized spacial score (nSPS) is 18.5. The number of hydrogen-bond acceptors (Lipinski definition) is 6. The smallest absolute Gasteiger partial charge is 0.272 e. The summed E-state index contributed by atoms with van der Waals surface area (Å²) < 4.78 is 29.8. The van der Waals surface area contributed by atoms with Crippen molar-refractivity contribution in [2.24, 2.45) is 0 Å². The molecular weight excluding hydrogens is 558 g/mol. The molecule has 12 heteroatoms. The van der Waals surface area contributed by atoms with Gasteiger partial charge in [-0.2, -0.15) is 5.10 Å². The number of amides is 2. The molecule has 1 aromatic carbocycles. The number of thiazole rings is 1. The Morgan fingerprint density at radius 1 is 1.20 bits per heavy atom. The summed E-state index contributed by atoms with van der Waals surface area (Å²) in [6.07, 6.45) is 6.35. The standard InChI is InChI=1S/C28H33ClF2N6O2S/c29-22-9-4-3-8-21(22)24-17-23(35-37(24)20-6-1-2-7-20)26(39)33-19(16-25(38)34-27-32-12-15-40-27)10-14-36-13-5-11-28(30,31)18-36/h3-4,8-9,12,15,17,19-20H,1-2,5-7,10-11,13-14,16,18H2,(H,33,39)(H,32,34,38)/t19-/m0/s1. The summed E-state index contributed by atoms with van der Waals surface area (Å²) in [5.41, 5.74) is 1.81. The predicted octanol–water partition coefficient (Wildman–Crippen LogP) is 6.02. The molecule has 1 saturated carbocycles. The number of piperidine rings is 1. The van der Waals surface area contributed by atoms with Crippen molar-refractivity contribution in [2.45, 2.75) is 69.4 Å². The number of rotatable bonds is 10. The fourth-order valence-corrected chi connectivity index (χ4v) is 6.32. The van der Waals surface area contributed by atoms with E-state index in [1.165, 1.54) is 11.3 Å². The van der Waals surface area contributed by atoms with Crippen LogP contribution >= 0.6 is 22.9 Å². The van der Waals surface area contributed by atoms with Crippen LogP contribution in [0.4, 0.5) is 13.9 Å². The highest BCUT2D eigenvalue weighted by atomic mass is 35.5. The number of carbonyl (C=O) groups is 2. The minimum Gasteiger partial charge on any atom is -0.347 e. The average Bonchev–Trinajstić information content (AvgIpc) is 3.69.